The summed E-state index contributed by atoms with van der Waals surface area (Å²) in [5, 5.41) is -0.108. The molecular weight excluding hydrogens is 372 g/mol. The number of allylic oxidation sites excluding steroid dienone is 1. The molecule has 0 aromatic carbocycles. The highest BCUT2D eigenvalue weighted by atomic mass is 28.4. The molecule has 2 aliphatic carbocycles. The molecule has 28 heavy (non-hydrogen) atoms. The van der Waals surface area contributed by atoms with E-state index in [-0.39, 0.29) is 41.3 Å². The van der Waals surface area contributed by atoms with Crippen molar-refractivity contribution in [2.24, 2.45) is 17.3 Å². The summed E-state index contributed by atoms with van der Waals surface area (Å²) < 4.78 is 11.7. The van der Waals surface area contributed by atoms with Crippen LogP contribution in [0.15, 0.2) is 11.6 Å². The maximum Gasteiger partial charge on any atom is 0.306 e. The molecule has 0 bridgehead atoms. The lowest BCUT2D eigenvalue weighted by Gasteiger charge is -2.59. The zero-order valence-corrected chi connectivity index (χ0v) is 19.9. The minimum Gasteiger partial charge on any atom is -0.469 e. The molecule has 0 saturated heterocycles. The Balaban J connectivity index is 2.70. The van der Waals surface area contributed by atoms with Gasteiger partial charge in [-0.25, -0.2) is 0 Å². The number of hydrogen-bond donors (Lipinski definition) is 0. The third-order valence-electron chi connectivity index (χ3n) is 7.53. The Morgan fingerprint density at radius 1 is 1.29 bits per heavy atom. The van der Waals surface area contributed by atoms with Crippen molar-refractivity contribution in [2.75, 3.05) is 7.11 Å². The first-order valence-corrected chi connectivity index (χ1v) is 13.1. The zero-order valence-electron chi connectivity index (χ0n) is 18.9. The van der Waals surface area contributed by atoms with Crippen LogP contribution < -0.4 is 0 Å². The molecule has 1 saturated carbocycles. The normalized spacial score (nSPS) is 34.0. The van der Waals surface area contributed by atoms with E-state index in [1.165, 1.54) is 7.11 Å². The Morgan fingerprint density at radius 2 is 1.86 bits per heavy atom. The molecular formula is C22H36O5Si. The molecule has 0 amide bonds. The monoisotopic (exact) mass is 408 g/mol. The summed E-state index contributed by atoms with van der Waals surface area (Å²) in [5.74, 6) is -1.14. The lowest BCUT2D eigenvalue weighted by Crippen LogP contribution is -2.70. The van der Waals surface area contributed by atoms with Crippen LogP contribution in [0.25, 0.3) is 0 Å². The third kappa shape index (κ3) is 3.32. The smallest absolute Gasteiger partial charge is 0.306 e. The second-order valence-electron chi connectivity index (χ2n) is 10.3. The number of carbonyl (C=O) groups excluding carboxylic acids is 3. The van der Waals surface area contributed by atoms with Gasteiger partial charge in [-0.1, -0.05) is 39.3 Å². The van der Waals surface area contributed by atoms with Gasteiger partial charge in [0.2, 0.25) is 0 Å². The second kappa shape index (κ2) is 7.20. The van der Waals surface area contributed by atoms with E-state index >= 15 is 0 Å². The second-order valence-corrected chi connectivity index (χ2v) is 15.0. The van der Waals surface area contributed by atoms with E-state index in [0.717, 1.165) is 5.57 Å². The number of ether oxygens (including phenoxy) is 1. The van der Waals surface area contributed by atoms with Crippen molar-refractivity contribution in [3.63, 3.8) is 0 Å². The molecule has 0 radical (unpaired) electrons. The molecule has 0 heterocycles. The van der Waals surface area contributed by atoms with Crippen LogP contribution in [0, 0.1) is 17.3 Å². The number of hydrogen-bond acceptors (Lipinski definition) is 5. The standard InChI is InChI=1S/C22H36O5Si/c1-14-10-11-22(27-28(8,9)20(3,4)5)17(23)12-15(2)19(25)21(22,6)16(14)13-18(24)26-7/h10,15-16H,11-13H2,1-9H3/t15-,16-,21+,22+/m0/s1. The highest BCUT2D eigenvalue weighted by Crippen LogP contribution is 2.58. The quantitative estimate of drug-likeness (QED) is 0.390. The summed E-state index contributed by atoms with van der Waals surface area (Å²) >= 11 is 0. The van der Waals surface area contributed by atoms with Gasteiger partial charge in [0.1, 0.15) is 11.4 Å². The van der Waals surface area contributed by atoms with Crippen molar-refractivity contribution in [3.8, 4) is 0 Å². The van der Waals surface area contributed by atoms with E-state index in [9.17, 15) is 14.4 Å². The van der Waals surface area contributed by atoms with Crippen LogP contribution in [0.5, 0.6) is 0 Å². The molecule has 1 fully saturated rings. The summed E-state index contributed by atoms with van der Waals surface area (Å²) in [4.78, 5) is 39.3. The van der Waals surface area contributed by atoms with E-state index in [2.05, 4.69) is 33.9 Å². The number of Topliss-reactive ketones (excluding diaryl/α,β-unsaturated/α-hetero) is 2. The molecule has 0 unspecified atom stereocenters. The Bertz CT molecular complexity index is 717. The van der Waals surface area contributed by atoms with Gasteiger partial charge in [0.15, 0.2) is 14.1 Å². The van der Waals surface area contributed by atoms with E-state index in [1.807, 2.05) is 26.8 Å². The predicted molar refractivity (Wildman–Crippen MR) is 111 cm³/mol. The van der Waals surface area contributed by atoms with Gasteiger partial charge in [-0.3, -0.25) is 14.4 Å². The molecule has 0 spiro atoms. The molecule has 158 valence electrons. The molecule has 2 aliphatic rings. The van der Waals surface area contributed by atoms with Gasteiger partial charge in [0.05, 0.1) is 18.9 Å². The van der Waals surface area contributed by atoms with Crippen molar-refractivity contribution < 1.29 is 23.5 Å². The highest BCUT2D eigenvalue weighted by molar-refractivity contribution is 6.74. The van der Waals surface area contributed by atoms with Crippen molar-refractivity contribution in [1.29, 1.82) is 0 Å². The first-order chi connectivity index (χ1) is 12.6. The van der Waals surface area contributed by atoms with Gasteiger partial charge in [-0.15, -0.1) is 0 Å². The molecule has 6 heteroatoms. The molecule has 2 rings (SSSR count). The van der Waals surface area contributed by atoms with Crippen LogP contribution in [0.2, 0.25) is 18.1 Å². The topological polar surface area (TPSA) is 69.7 Å². The van der Waals surface area contributed by atoms with Gasteiger partial charge >= 0.3 is 5.97 Å². The third-order valence-corrected chi connectivity index (χ3v) is 12.0. The minimum atomic E-state index is -2.37. The number of ketones is 2. The highest BCUT2D eigenvalue weighted by Gasteiger charge is 2.68. The fraction of sp³-hybridized carbons (Fsp3) is 0.773. The average molecular weight is 409 g/mol. The summed E-state index contributed by atoms with van der Waals surface area (Å²) in [6.07, 6.45) is 2.64. The summed E-state index contributed by atoms with van der Waals surface area (Å²) in [7, 11) is -1.02. The summed E-state index contributed by atoms with van der Waals surface area (Å²) in [5.41, 5.74) is -1.33. The van der Waals surface area contributed by atoms with Crippen LogP contribution in [-0.4, -0.2) is 38.6 Å². The largest absolute Gasteiger partial charge is 0.469 e. The molecule has 0 aliphatic heterocycles. The Morgan fingerprint density at radius 3 is 2.36 bits per heavy atom. The van der Waals surface area contributed by atoms with Crippen LogP contribution >= 0.6 is 0 Å². The Labute approximate surface area is 170 Å². The number of rotatable bonds is 4. The summed E-state index contributed by atoms with van der Waals surface area (Å²) in [6, 6.07) is 0. The van der Waals surface area contributed by atoms with Gasteiger partial charge in [0, 0.05) is 24.7 Å². The van der Waals surface area contributed by atoms with Crippen LogP contribution in [0.3, 0.4) is 0 Å². The fourth-order valence-corrected chi connectivity index (χ4v) is 6.21. The van der Waals surface area contributed by atoms with Crippen molar-refractivity contribution in [2.45, 2.75) is 84.5 Å². The van der Waals surface area contributed by atoms with Crippen molar-refractivity contribution in [3.05, 3.63) is 11.6 Å². The average Bonchev–Trinajstić information content (AvgIpc) is 2.57. The Hall–Kier alpha value is -1.27. The minimum absolute atomic E-state index is 0.00876. The number of carbonyl (C=O) groups is 3. The van der Waals surface area contributed by atoms with Gasteiger partial charge in [-0.2, -0.15) is 0 Å². The molecule has 5 nitrogen and oxygen atoms in total. The lowest BCUT2D eigenvalue weighted by atomic mass is 9.50. The van der Waals surface area contributed by atoms with E-state index < -0.39 is 25.3 Å². The zero-order chi connectivity index (χ0) is 21.7. The van der Waals surface area contributed by atoms with Crippen LogP contribution in [0.4, 0.5) is 0 Å². The lowest BCUT2D eigenvalue weighted by molar-refractivity contribution is -0.178. The molecule has 0 aromatic rings. The van der Waals surface area contributed by atoms with Crippen LogP contribution in [0.1, 0.15) is 60.8 Å². The number of esters is 1. The SMILES string of the molecule is COC(=O)C[C@H]1C(C)=CC[C@@]2(O[Si](C)(C)C(C)(C)C)C(=O)C[C@H](C)C(=O)[C@@]12C. The van der Waals surface area contributed by atoms with E-state index in [1.54, 1.807) is 0 Å². The Kier molecular flexibility index (Phi) is 5.92. The number of methoxy groups -OCH3 is 1. The van der Waals surface area contributed by atoms with E-state index in [4.69, 9.17) is 9.16 Å². The van der Waals surface area contributed by atoms with Crippen LogP contribution in [-0.2, 0) is 23.5 Å². The van der Waals surface area contributed by atoms with Crippen molar-refractivity contribution in [1.82, 2.24) is 0 Å². The maximum atomic E-state index is 13.6. The van der Waals surface area contributed by atoms with Gasteiger partial charge in [-0.05, 0) is 32.0 Å². The van der Waals surface area contributed by atoms with Gasteiger partial charge < -0.3 is 9.16 Å². The van der Waals surface area contributed by atoms with Gasteiger partial charge in [0.25, 0.3) is 0 Å². The summed E-state index contributed by atoms with van der Waals surface area (Å²) in [6.45, 7) is 16.2. The number of fused-ring (bicyclic) bond motifs is 1. The molecule has 0 aromatic heterocycles. The molecule has 4 atom stereocenters. The first kappa shape index (κ1) is 23.0. The maximum absolute atomic E-state index is 13.6. The first-order valence-electron chi connectivity index (χ1n) is 10.2. The van der Waals surface area contributed by atoms with E-state index in [0.29, 0.717) is 6.42 Å². The van der Waals surface area contributed by atoms with Crippen molar-refractivity contribution >= 4 is 25.9 Å². The molecule has 0 N–H and O–H groups in total. The fourth-order valence-electron chi connectivity index (χ4n) is 4.63. The predicted octanol–water partition coefficient (Wildman–Crippen LogP) is 4.46.